The van der Waals surface area contributed by atoms with Gasteiger partial charge in [-0.3, -0.25) is 0 Å². The molecule has 2 unspecified atom stereocenters. The molecule has 0 saturated heterocycles. The lowest BCUT2D eigenvalue weighted by Crippen LogP contribution is -2.26. The van der Waals surface area contributed by atoms with Gasteiger partial charge in [-0.15, -0.1) is 0 Å². The molecule has 0 amide bonds. The van der Waals surface area contributed by atoms with Crippen LogP contribution in [0.5, 0.6) is 0 Å². The third-order valence-corrected chi connectivity index (χ3v) is 3.83. The van der Waals surface area contributed by atoms with Crippen molar-refractivity contribution >= 4 is 17.6 Å². The van der Waals surface area contributed by atoms with E-state index in [1.54, 1.807) is 11.8 Å². The van der Waals surface area contributed by atoms with Gasteiger partial charge in [0.25, 0.3) is 0 Å². The Morgan fingerprint density at radius 1 is 1.46 bits per heavy atom. The minimum Gasteiger partial charge on any atom is -0.409 e. The average Bonchev–Trinajstić information content (AvgIpc) is 2.17. The van der Waals surface area contributed by atoms with Crippen molar-refractivity contribution in [3.05, 3.63) is 0 Å². The summed E-state index contributed by atoms with van der Waals surface area (Å²) in [5.41, 5.74) is 5.53. The summed E-state index contributed by atoms with van der Waals surface area (Å²) in [5, 5.41) is 11.7. The molecule has 3 N–H and O–H groups in total. The number of hydrogen-bond donors (Lipinski definition) is 2. The smallest absolute Gasteiger partial charge is 0.152 e. The Morgan fingerprint density at radius 2 is 2.08 bits per heavy atom. The first-order valence-corrected chi connectivity index (χ1v) is 5.79. The Balaban J connectivity index is 3.85. The van der Waals surface area contributed by atoms with Gasteiger partial charge in [0.05, 0.1) is 5.25 Å². The Labute approximate surface area is 84.8 Å². The van der Waals surface area contributed by atoms with Crippen molar-refractivity contribution in [3.63, 3.8) is 0 Å². The number of nitrogens with two attached hydrogens (primary N) is 1. The summed E-state index contributed by atoms with van der Waals surface area (Å²) in [5.74, 6) is 2.12. The van der Waals surface area contributed by atoms with E-state index in [4.69, 9.17) is 10.9 Å². The molecule has 0 bridgehead atoms. The Hall–Kier alpha value is -0.380. The van der Waals surface area contributed by atoms with Gasteiger partial charge in [-0.2, -0.15) is 11.8 Å². The van der Waals surface area contributed by atoms with E-state index >= 15 is 0 Å². The summed E-state index contributed by atoms with van der Waals surface area (Å²) in [6.07, 6.45) is 2.09. The zero-order chi connectivity index (χ0) is 10.3. The number of rotatable bonds is 6. The molecule has 0 spiro atoms. The summed E-state index contributed by atoms with van der Waals surface area (Å²) in [7, 11) is 0. The molecule has 0 radical (unpaired) electrons. The molecule has 0 saturated carbocycles. The third kappa shape index (κ3) is 5.03. The van der Waals surface area contributed by atoms with E-state index < -0.39 is 0 Å². The van der Waals surface area contributed by atoms with Crippen LogP contribution in [-0.2, 0) is 0 Å². The predicted molar refractivity (Wildman–Crippen MR) is 59.4 cm³/mol. The van der Waals surface area contributed by atoms with Gasteiger partial charge in [0, 0.05) is 0 Å². The molecule has 0 aliphatic heterocycles. The topological polar surface area (TPSA) is 58.6 Å². The van der Waals surface area contributed by atoms with E-state index in [1.807, 2.05) is 6.92 Å². The van der Waals surface area contributed by atoms with Crippen LogP contribution < -0.4 is 5.73 Å². The first-order chi connectivity index (χ1) is 6.15. The average molecular weight is 204 g/mol. The standard InChI is InChI=1S/C9H20N2OS/c1-4-7(3)6-13-8(5-2)9(10)11-12/h7-8,12H,4-6H2,1-3H3,(H2,10,11). The van der Waals surface area contributed by atoms with Crippen LogP contribution in [0.25, 0.3) is 0 Å². The number of hydrogen-bond acceptors (Lipinski definition) is 3. The predicted octanol–water partition coefficient (Wildman–Crippen LogP) is 2.29. The molecule has 0 aromatic carbocycles. The molecule has 0 aromatic heterocycles. The highest BCUT2D eigenvalue weighted by molar-refractivity contribution is 8.00. The maximum absolute atomic E-state index is 8.51. The molecule has 0 fully saturated rings. The fourth-order valence-corrected chi connectivity index (χ4v) is 2.13. The Bertz CT molecular complexity index is 162. The maximum Gasteiger partial charge on any atom is 0.152 e. The van der Waals surface area contributed by atoms with E-state index in [0.717, 1.165) is 12.2 Å². The van der Waals surface area contributed by atoms with Crippen LogP contribution in [0.3, 0.4) is 0 Å². The fraction of sp³-hybridized carbons (Fsp3) is 0.889. The molecule has 2 atom stereocenters. The quantitative estimate of drug-likeness (QED) is 0.302. The molecule has 0 heterocycles. The van der Waals surface area contributed by atoms with Gasteiger partial charge in [0.2, 0.25) is 0 Å². The summed E-state index contributed by atoms with van der Waals surface area (Å²) >= 11 is 1.77. The van der Waals surface area contributed by atoms with Crippen LogP contribution in [-0.4, -0.2) is 22.0 Å². The lowest BCUT2D eigenvalue weighted by atomic mass is 10.2. The Kier molecular flexibility index (Phi) is 6.86. The minimum atomic E-state index is 0.166. The maximum atomic E-state index is 8.51. The van der Waals surface area contributed by atoms with Crippen LogP contribution in [0.2, 0.25) is 0 Å². The highest BCUT2D eigenvalue weighted by Gasteiger charge is 2.13. The van der Waals surface area contributed by atoms with Crippen molar-refractivity contribution in [3.8, 4) is 0 Å². The number of nitrogens with zero attached hydrogens (tertiary/aromatic N) is 1. The molecule has 78 valence electrons. The van der Waals surface area contributed by atoms with Gasteiger partial charge in [-0.25, -0.2) is 0 Å². The van der Waals surface area contributed by atoms with E-state index in [2.05, 4.69) is 19.0 Å². The molecular weight excluding hydrogens is 184 g/mol. The monoisotopic (exact) mass is 204 g/mol. The van der Waals surface area contributed by atoms with Crippen molar-refractivity contribution < 1.29 is 5.21 Å². The van der Waals surface area contributed by atoms with Crippen molar-refractivity contribution in [2.75, 3.05) is 5.75 Å². The number of thioether (sulfide) groups is 1. The molecule has 0 aliphatic rings. The summed E-state index contributed by atoms with van der Waals surface area (Å²) < 4.78 is 0. The van der Waals surface area contributed by atoms with Crippen LogP contribution >= 0.6 is 11.8 Å². The second kappa shape index (κ2) is 7.06. The summed E-state index contributed by atoms with van der Waals surface area (Å²) in [4.78, 5) is 0. The van der Waals surface area contributed by atoms with Crippen LogP contribution in [0.4, 0.5) is 0 Å². The SMILES string of the molecule is CCC(C)CSC(CC)C(N)=NO. The fourth-order valence-electron chi connectivity index (χ4n) is 0.875. The van der Waals surface area contributed by atoms with Crippen molar-refractivity contribution in [1.82, 2.24) is 0 Å². The van der Waals surface area contributed by atoms with Crippen LogP contribution in [0.15, 0.2) is 5.16 Å². The normalized spacial score (nSPS) is 17.0. The lowest BCUT2D eigenvalue weighted by Gasteiger charge is -2.15. The molecule has 13 heavy (non-hydrogen) atoms. The van der Waals surface area contributed by atoms with Crippen molar-refractivity contribution in [2.45, 2.75) is 38.9 Å². The van der Waals surface area contributed by atoms with Crippen molar-refractivity contribution in [2.24, 2.45) is 16.8 Å². The second-order valence-corrected chi connectivity index (χ2v) is 4.50. The van der Waals surface area contributed by atoms with E-state index in [1.165, 1.54) is 6.42 Å². The lowest BCUT2D eigenvalue weighted by molar-refractivity contribution is 0.317. The molecule has 0 aliphatic carbocycles. The highest BCUT2D eigenvalue weighted by Crippen LogP contribution is 2.19. The zero-order valence-electron chi connectivity index (χ0n) is 8.66. The van der Waals surface area contributed by atoms with Crippen molar-refractivity contribution in [1.29, 1.82) is 0 Å². The number of amidine groups is 1. The van der Waals surface area contributed by atoms with Gasteiger partial charge in [-0.1, -0.05) is 32.3 Å². The number of oxime groups is 1. The van der Waals surface area contributed by atoms with Gasteiger partial charge in [-0.05, 0) is 18.1 Å². The molecule has 3 nitrogen and oxygen atoms in total. The second-order valence-electron chi connectivity index (χ2n) is 3.27. The Morgan fingerprint density at radius 3 is 2.46 bits per heavy atom. The molecule has 4 heteroatoms. The van der Waals surface area contributed by atoms with Crippen LogP contribution in [0.1, 0.15) is 33.6 Å². The molecule has 0 aromatic rings. The third-order valence-electron chi connectivity index (χ3n) is 2.09. The van der Waals surface area contributed by atoms with Gasteiger partial charge >= 0.3 is 0 Å². The summed E-state index contributed by atoms with van der Waals surface area (Å²) in [6, 6.07) is 0. The zero-order valence-corrected chi connectivity index (χ0v) is 9.47. The molecule has 0 rings (SSSR count). The van der Waals surface area contributed by atoms with Gasteiger partial charge < -0.3 is 10.9 Å². The first-order valence-electron chi connectivity index (χ1n) is 4.74. The van der Waals surface area contributed by atoms with E-state index in [0.29, 0.717) is 11.8 Å². The molecular formula is C9H20N2OS. The summed E-state index contributed by atoms with van der Waals surface area (Å²) in [6.45, 7) is 6.44. The minimum absolute atomic E-state index is 0.166. The van der Waals surface area contributed by atoms with E-state index in [9.17, 15) is 0 Å². The van der Waals surface area contributed by atoms with Gasteiger partial charge in [0.1, 0.15) is 0 Å². The van der Waals surface area contributed by atoms with Gasteiger partial charge in [0.15, 0.2) is 5.84 Å². The van der Waals surface area contributed by atoms with E-state index in [-0.39, 0.29) is 5.25 Å². The largest absolute Gasteiger partial charge is 0.409 e. The first kappa shape index (κ1) is 12.6. The van der Waals surface area contributed by atoms with Crippen LogP contribution in [0, 0.1) is 5.92 Å². The highest BCUT2D eigenvalue weighted by atomic mass is 32.2.